The molecule has 0 aromatic heterocycles. The minimum Gasteiger partial charge on any atom is -0.384 e. The summed E-state index contributed by atoms with van der Waals surface area (Å²) in [5, 5.41) is 0. The number of piperidine rings is 1. The van der Waals surface area contributed by atoms with Crippen molar-refractivity contribution in [1.29, 1.82) is 0 Å². The smallest absolute Gasteiger partial charge is 0.0502 e. The molecule has 3 nitrogen and oxygen atoms in total. The minimum absolute atomic E-state index is 0.240. The number of nitrogens with zero attached hydrogens (tertiary/aromatic N) is 1. The number of rotatable bonds is 5. The van der Waals surface area contributed by atoms with E-state index >= 15 is 0 Å². The first kappa shape index (κ1) is 15.9. The van der Waals surface area contributed by atoms with Crippen molar-refractivity contribution in [1.82, 2.24) is 4.90 Å². The van der Waals surface area contributed by atoms with Crippen LogP contribution in [0.25, 0.3) is 0 Å². The van der Waals surface area contributed by atoms with Gasteiger partial charge in [-0.25, -0.2) is 0 Å². The second-order valence-electron chi connectivity index (χ2n) is 6.84. The quantitative estimate of drug-likeness (QED) is 0.821. The largest absolute Gasteiger partial charge is 0.384 e. The first-order valence-electron chi connectivity index (χ1n) is 7.38. The average Bonchev–Trinajstić information content (AvgIpc) is 2.28. The lowest BCUT2D eigenvalue weighted by molar-refractivity contribution is 0.0191. The topological polar surface area (TPSA) is 38.5 Å². The number of likely N-dealkylation sites (tertiary alicyclic amines) is 1. The summed E-state index contributed by atoms with van der Waals surface area (Å²) < 4.78 is 5.32. The van der Waals surface area contributed by atoms with E-state index in [1.54, 1.807) is 7.11 Å². The van der Waals surface area contributed by atoms with Gasteiger partial charge in [0.15, 0.2) is 0 Å². The number of ether oxygens (including phenoxy) is 1. The van der Waals surface area contributed by atoms with Crippen molar-refractivity contribution in [3.05, 3.63) is 0 Å². The van der Waals surface area contributed by atoms with E-state index in [1.807, 2.05) is 0 Å². The number of methoxy groups -OCH3 is 1. The third-order valence-corrected chi connectivity index (χ3v) is 4.11. The summed E-state index contributed by atoms with van der Waals surface area (Å²) >= 11 is 0. The summed E-state index contributed by atoms with van der Waals surface area (Å²) in [7, 11) is 1.80. The Morgan fingerprint density at radius 3 is 2.56 bits per heavy atom. The van der Waals surface area contributed by atoms with Crippen molar-refractivity contribution in [2.45, 2.75) is 59.0 Å². The van der Waals surface area contributed by atoms with E-state index in [-0.39, 0.29) is 11.5 Å². The molecule has 0 bridgehead atoms. The van der Waals surface area contributed by atoms with E-state index in [0.29, 0.717) is 12.0 Å². The molecular formula is C15H32N2O. The van der Waals surface area contributed by atoms with Crippen LogP contribution < -0.4 is 5.73 Å². The molecule has 3 heteroatoms. The van der Waals surface area contributed by atoms with Crippen molar-refractivity contribution >= 4 is 0 Å². The van der Waals surface area contributed by atoms with E-state index in [9.17, 15) is 0 Å². The molecule has 0 aromatic rings. The SMILES string of the molecule is CCC(N)C(N1CCCC(COC)C1)C(C)(C)C. The Hall–Kier alpha value is -0.120. The van der Waals surface area contributed by atoms with Gasteiger partial charge in [0.1, 0.15) is 0 Å². The van der Waals surface area contributed by atoms with E-state index in [0.717, 1.165) is 19.6 Å². The van der Waals surface area contributed by atoms with Crippen LogP contribution in [0.4, 0.5) is 0 Å². The third-order valence-electron chi connectivity index (χ3n) is 4.11. The second-order valence-corrected chi connectivity index (χ2v) is 6.84. The van der Waals surface area contributed by atoms with Gasteiger partial charge in [-0.15, -0.1) is 0 Å². The Morgan fingerprint density at radius 1 is 1.39 bits per heavy atom. The summed E-state index contributed by atoms with van der Waals surface area (Å²) in [6.45, 7) is 12.3. The van der Waals surface area contributed by atoms with E-state index in [2.05, 4.69) is 32.6 Å². The first-order chi connectivity index (χ1) is 8.40. The fourth-order valence-corrected chi connectivity index (χ4v) is 3.41. The molecule has 0 saturated carbocycles. The van der Waals surface area contributed by atoms with Gasteiger partial charge >= 0.3 is 0 Å². The van der Waals surface area contributed by atoms with Crippen LogP contribution >= 0.6 is 0 Å². The predicted octanol–water partition coefficient (Wildman–Crippen LogP) is 2.50. The molecule has 0 radical (unpaired) electrons. The van der Waals surface area contributed by atoms with Gasteiger partial charge in [0.05, 0.1) is 6.61 Å². The summed E-state index contributed by atoms with van der Waals surface area (Å²) in [6, 6.07) is 0.744. The van der Waals surface area contributed by atoms with Gasteiger partial charge in [0.2, 0.25) is 0 Å². The fraction of sp³-hybridized carbons (Fsp3) is 1.00. The monoisotopic (exact) mass is 256 g/mol. The van der Waals surface area contributed by atoms with Crippen LogP contribution in [0.15, 0.2) is 0 Å². The molecule has 0 amide bonds. The normalized spacial score (nSPS) is 26.0. The highest BCUT2D eigenvalue weighted by Crippen LogP contribution is 2.31. The third kappa shape index (κ3) is 4.22. The van der Waals surface area contributed by atoms with Crippen molar-refractivity contribution in [2.75, 3.05) is 26.8 Å². The molecule has 1 rings (SSSR count). The van der Waals surface area contributed by atoms with E-state index < -0.39 is 0 Å². The average molecular weight is 256 g/mol. The molecule has 0 spiro atoms. The highest BCUT2D eigenvalue weighted by molar-refractivity contribution is 4.92. The fourth-order valence-electron chi connectivity index (χ4n) is 3.41. The maximum atomic E-state index is 6.38. The highest BCUT2D eigenvalue weighted by Gasteiger charge is 2.36. The van der Waals surface area contributed by atoms with Crippen molar-refractivity contribution in [2.24, 2.45) is 17.1 Å². The Balaban J connectivity index is 2.73. The van der Waals surface area contributed by atoms with E-state index in [1.165, 1.54) is 19.4 Å². The Labute approximate surface area is 113 Å². The van der Waals surface area contributed by atoms with Crippen LogP contribution in [0.5, 0.6) is 0 Å². The van der Waals surface area contributed by atoms with Crippen LogP contribution in [-0.4, -0.2) is 43.8 Å². The molecule has 1 aliphatic rings. The van der Waals surface area contributed by atoms with Gasteiger partial charge in [-0.3, -0.25) is 4.90 Å². The summed E-state index contributed by atoms with van der Waals surface area (Å²) in [6.07, 6.45) is 3.62. The molecule has 1 aliphatic heterocycles. The lowest BCUT2D eigenvalue weighted by Crippen LogP contribution is -2.57. The Morgan fingerprint density at radius 2 is 2.06 bits per heavy atom. The Bertz CT molecular complexity index is 235. The molecule has 0 aliphatic carbocycles. The molecule has 1 fully saturated rings. The second kappa shape index (κ2) is 6.88. The summed E-state index contributed by atoms with van der Waals surface area (Å²) in [4.78, 5) is 2.61. The van der Waals surface area contributed by atoms with Crippen molar-refractivity contribution in [3.8, 4) is 0 Å². The van der Waals surface area contributed by atoms with Crippen LogP contribution in [0.3, 0.4) is 0 Å². The molecule has 3 atom stereocenters. The minimum atomic E-state index is 0.240. The van der Waals surface area contributed by atoms with Crippen molar-refractivity contribution in [3.63, 3.8) is 0 Å². The van der Waals surface area contributed by atoms with Crippen LogP contribution in [-0.2, 0) is 4.74 Å². The molecule has 0 aromatic carbocycles. The van der Waals surface area contributed by atoms with Gasteiger partial charge in [-0.2, -0.15) is 0 Å². The maximum Gasteiger partial charge on any atom is 0.0502 e. The van der Waals surface area contributed by atoms with Gasteiger partial charge in [0, 0.05) is 25.7 Å². The van der Waals surface area contributed by atoms with Gasteiger partial charge in [-0.1, -0.05) is 27.7 Å². The van der Waals surface area contributed by atoms with E-state index in [4.69, 9.17) is 10.5 Å². The molecule has 108 valence electrons. The maximum absolute atomic E-state index is 6.38. The predicted molar refractivity (Wildman–Crippen MR) is 77.7 cm³/mol. The van der Waals surface area contributed by atoms with Crippen LogP contribution in [0.2, 0.25) is 0 Å². The number of hydrogen-bond acceptors (Lipinski definition) is 3. The van der Waals surface area contributed by atoms with Gasteiger partial charge < -0.3 is 10.5 Å². The molecular weight excluding hydrogens is 224 g/mol. The number of hydrogen-bond donors (Lipinski definition) is 1. The first-order valence-corrected chi connectivity index (χ1v) is 7.38. The zero-order valence-corrected chi connectivity index (χ0v) is 12.9. The molecule has 2 N–H and O–H groups in total. The highest BCUT2D eigenvalue weighted by atomic mass is 16.5. The molecule has 18 heavy (non-hydrogen) atoms. The lowest BCUT2D eigenvalue weighted by atomic mass is 9.79. The van der Waals surface area contributed by atoms with Gasteiger partial charge in [0.25, 0.3) is 0 Å². The van der Waals surface area contributed by atoms with Crippen molar-refractivity contribution < 1.29 is 4.74 Å². The summed E-state index contributed by atoms with van der Waals surface area (Å²) in [5.41, 5.74) is 6.62. The van der Waals surface area contributed by atoms with Crippen LogP contribution in [0.1, 0.15) is 47.0 Å². The number of nitrogens with two attached hydrogens (primary N) is 1. The molecule has 1 saturated heterocycles. The van der Waals surface area contributed by atoms with Crippen LogP contribution in [0, 0.1) is 11.3 Å². The molecule has 1 heterocycles. The Kier molecular flexibility index (Phi) is 6.09. The zero-order chi connectivity index (χ0) is 13.8. The molecule has 3 unspecified atom stereocenters. The van der Waals surface area contributed by atoms with Gasteiger partial charge in [-0.05, 0) is 37.1 Å². The lowest BCUT2D eigenvalue weighted by Gasteiger charge is -2.46. The summed E-state index contributed by atoms with van der Waals surface area (Å²) in [5.74, 6) is 0.678. The standard InChI is InChI=1S/C15H32N2O/c1-6-13(16)14(15(2,3)4)17-9-7-8-12(10-17)11-18-5/h12-14H,6-11,16H2,1-5H3. The zero-order valence-electron chi connectivity index (χ0n) is 12.9.